The first kappa shape index (κ1) is 15.2. The van der Waals surface area contributed by atoms with Crippen molar-refractivity contribution in [2.45, 2.75) is 25.7 Å². The number of nitrogens with zero attached hydrogens (tertiary/aromatic N) is 2. The molecule has 0 radical (unpaired) electrons. The van der Waals surface area contributed by atoms with Gasteiger partial charge in [0.05, 0.1) is 10.3 Å². The van der Waals surface area contributed by atoms with E-state index in [1.165, 1.54) is 12.3 Å². The van der Waals surface area contributed by atoms with Crippen LogP contribution in [0, 0.1) is 15.5 Å². The molecule has 7 nitrogen and oxygen atoms in total. The van der Waals surface area contributed by atoms with E-state index in [-0.39, 0.29) is 11.6 Å². The zero-order valence-electron chi connectivity index (χ0n) is 12.6. The number of rotatable bonds is 5. The van der Waals surface area contributed by atoms with Gasteiger partial charge in [-0.2, -0.15) is 0 Å². The summed E-state index contributed by atoms with van der Waals surface area (Å²) in [4.78, 5) is 26.6. The van der Waals surface area contributed by atoms with Crippen LogP contribution in [0.25, 0.3) is 10.9 Å². The van der Waals surface area contributed by atoms with E-state index in [0.29, 0.717) is 17.4 Å². The predicted molar refractivity (Wildman–Crippen MR) is 87.0 cm³/mol. The van der Waals surface area contributed by atoms with Gasteiger partial charge in [0.1, 0.15) is 5.52 Å². The first-order valence-corrected chi connectivity index (χ1v) is 7.59. The second-order valence-electron chi connectivity index (χ2n) is 5.99. The van der Waals surface area contributed by atoms with E-state index in [0.717, 1.165) is 31.4 Å². The van der Waals surface area contributed by atoms with Gasteiger partial charge in [-0.25, -0.2) is 4.98 Å². The molecule has 1 saturated carbocycles. The van der Waals surface area contributed by atoms with Crippen molar-refractivity contribution in [2.75, 3.05) is 11.9 Å². The van der Waals surface area contributed by atoms with Crippen molar-refractivity contribution < 1.29 is 9.72 Å². The third kappa shape index (κ3) is 2.69. The Bertz CT molecular complexity index is 769. The number of hydrogen-bond acceptors (Lipinski definition) is 5. The highest BCUT2D eigenvalue weighted by molar-refractivity contribution is 5.96. The first-order valence-electron chi connectivity index (χ1n) is 7.59. The molecule has 1 aromatic heterocycles. The van der Waals surface area contributed by atoms with Crippen LogP contribution in [0.5, 0.6) is 0 Å². The van der Waals surface area contributed by atoms with Crippen LogP contribution < -0.4 is 11.1 Å². The number of non-ortho nitro benzene ring substituents is 1. The van der Waals surface area contributed by atoms with Crippen molar-refractivity contribution in [2.24, 2.45) is 11.1 Å². The number of nitro groups is 1. The van der Waals surface area contributed by atoms with E-state index in [2.05, 4.69) is 10.3 Å². The van der Waals surface area contributed by atoms with Crippen molar-refractivity contribution in [1.82, 2.24) is 4.98 Å². The summed E-state index contributed by atoms with van der Waals surface area (Å²) in [6.07, 6.45) is 5.07. The summed E-state index contributed by atoms with van der Waals surface area (Å²) in [5.41, 5.74) is 6.09. The average Bonchev–Trinajstić information content (AvgIpc) is 3.02. The van der Waals surface area contributed by atoms with Gasteiger partial charge in [-0.1, -0.05) is 25.0 Å². The minimum Gasteiger partial charge on any atom is -0.383 e. The van der Waals surface area contributed by atoms with Crippen LogP contribution in [-0.4, -0.2) is 22.4 Å². The summed E-state index contributed by atoms with van der Waals surface area (Å²) in [5.74, 6) is -0.285. The molecule has 0 atom stereocenters. The molecule has 0 spiro atoms. The number of hydrogen-bond donors (Lipinski definition) is 2. The number of anilines is 1. The fourth-order valence-electron chi connectivity index (χ4n) is 3.29. The molecule has 3 rings (SSSR count). The van der Waals surface area contributed by atoms with Gasteiger partial charge in [0.2, 0.25) is 5.91 Å². The number of aromatic nitrogens is 1. The normalized spacial score (nSPS) is 16.3. The number of fused-ring (bicyclic) bond motifs is 1. The van der Waals surface area contributed by atoms with Crippen molar-refractivity contribution >= 4 is 28.2 Å². The largest absolute Gasteiger partial charge is 0.383 e. The molecule has 0 unspecified atom stereocenters. The van der Waals surface area contributed by atoms with Crippen molar-refractivity contribution in [3.63, 3.8) is 0 Å². The Labute approximate surface area is 133 Å². The highest BCUT2D eigenvalue weighted by Gasteiger charge is 2.39. The third-order valence-corrected chi connectivity index (χ3v) is 4.65. The van der Waals surface area contributed by atoms with Gasteiger partial charge in [0, 0.05) is 29.9 Å². The number of nitro benzene ring substituents is 1. The number of benzene rings is 1. The second kappa shape index (κ2) is 5.83. The van der Waals surface area contributed by atoms with Gasteiger partial charge in [-0.15, -0.1) is 0 Å². The zero-order chi connectivity index (χ0) is 16.4. The Morgan fingerprint density at radius 1 is 1.35 bits per heavy atom. The Morgan fingerprint density at radius 2 is 2.09 bits per heavy atom. The number of amides is 1. The van der Waals surface area contributed by atoms with Crippen LogP contribution in [0.15, 0.2) is 30.5 Å². The first-order chi connectivity index (χ1) is 11.0. The molecule has 0 saturated heterocycles. The molecule has 0 aliphatic heterocycles. The Kier molecular flexibility index (Phi) is 3.85. The summed E-state index contributed by atoms with van der Waals surface area (Å²) >= 11 is 0. The number of nitrogens with one attached hydrogen (secondary N) is 1. The van der Waals surface area contributed by atoms with Gasteiger partial charge in [-0.3, -0.25) is 14.9 Å². The lowest BCUT2D eigenvalue weighted by Gasteiger charge is -2.26. The number of primary amides is 1. The van der Waals surface area contributed by atoms with Crippen LogP contribution >= 0.6 is 0 Å². The Morgan fingerprint density at radius 3 is 2.74 bits per heavy atom. The van der Waals surface area contributed by atoms with E-state index in [4.69, 9.17) is 5.73 Å². The molecule has 3 N–H and O–H groups in total. The third-order valence-electron chi connectivity index (χ3n) is 4.65. The van der Waals surface area contributed by atoms with Crippen molar-refractivity contribution in [3.05, 3.63) is 40.6 Å². The minimum absolute atomic E-state index is 0.0309. The predicted octanol–water partition coefficient (Wildman–Crippen LogP) is 2.60. The van der Waals surface area contributed by atoms with Gasteiger partial charge in [0.15, 0.2) is 0 Å². The molecule has 1 aliphatic rings. The molecule has 23 heavy (non-hydrogen) atoms. The number of nitrogens with two attached hydrogens (primary N) is 1. The molecular formula is C16H18N4O3. The quantitative estimate of drug-likeness (QED) is 0.651. The molecule has 120 valence electrons. The van der Waals surface area contributed by atoms with E-state index in [1.54, 1.807) is 18.2 Å². The van der Waals surface area contributed by atoms with Crippen molar-refractivity contribution in [1.29, 1.82) is 0 Å². The fourth-order valence-corrected chi connectivity index (χ4v) is 3.29. The number of carbonyl (C=O) groups excluding carboxylic acids is 1. The number of para-hydroxylation sites is 1. The van der Waals surface area contributed by atoms with Crippen LogP contribution in [0.1, 0.15) is 25.7 Å². The van der Waals surface area contributed by atoms with Gasteiger partial charge in [0.25, 0.3) is 5.69 Å². The van der Waals surface area contributed by atoms with E-state index in [1.807, 2.05) is 0 Å². The molecular weight excluding hydrogens is 296 g/mol. The molecule has 2 aromatic rings. The van der Waals surface area contributed by atoms with Crippen LogP contribution in [0.4, 0.5) is 11.4 Å². The fraction of sp³-hybridized carbons (Fsp3) is 0.375. The van der Waals surface area contributed by atoms with Gasteiger partial charge in [-0.05, 0) is 18.9 Å². The maximum atomic E-state index is 11.8. The summed E-state index contributed by atoms with van der Waals surface area (Å²) in [7, 11) is 0. The molecule has 1 fully saturated rings. The maximum Gasteiger partial charge on any atom is 0.295 e. The van der Waals surface area contributed by atoms with Gasteiger partial charge >= 0.3 is 0 Å². The maximum absolute atomic E-state index is 11.8. The Hall–Kier alpha value is -2.70. The molecule has 0 bridgehead atoms. The lowest BCUT2D eigenvalue weighted by molar-refractivity contribution is -0.383. The van der Waals surface area contributed by atoms with Crippen LogP contribution in [0.2, 0.25) is 0 Å². The molecule has 7 heteroatoms. The van der Waals surface area contributed by atoms with E-state index >= 15 is 0 Å². The smallest absolute Gasteiger partial charge is 0.295 e. The topological polar surface area (TPSA) is 111 Å². The van der Waals surface area contributed by atoms with Crippen molar-refractivity contribution in [3.8, 4) is 0 Å². The lowest BCUT2D eigenvalue weighted by atomic mass is 9.85. The average molecular weight is 314 g/mol. The minimum atomic E-state index is -0.531. The number of pyridine rings is 1. The molecule has 1 heterocycles. The molecule has 1 aromatic carbocycles. The zero-order valence-corrected chi connectivity index (χ0v) is 12.6. The summed E-state index contributed by atoms with van der Waals surface area (Å²) < 4.78 is 0. The monoisotopic (exact) mass is 314 g/mol. The van der Waals surface area contributed by atoms with E-state index < -0.39 is 10.3 Å². The summed E-state index contributed by atoms with van der Waals surface area (Å²) in [5, 5.41) is 15.0. The standard InChI is InChI=1S/C16H18N4O3/c17-15(21)16(7-1-2-8-16)10-19-12-6-9-18-14-11(12)4-3-5-13(14)20(22)23/h3-6,9H,1-2,7-8,10H2,(H2,17,21)(H,18,19). The number of carbonyl (C=O) groups is 1. The lowest BCUT2D eigenvalue weighted by Crippen LogP contribution is -2.40. The molecule has 1 amide bonds. The Balaban J connectivity index is 1.93. The van der Waals surface area contributed by atoms with E-state index in [9.17, 15) is 14.9 Å². The summed E-state index contributed by atoms with van der Waals surface area (Å²) in [6, 6.07) is 6.60. The van der Waals surface area contributed by atoms with Crippen LogP contribution in [-0.2, 0) is 4.79 Å². The highest BCUT2D eigenvalue weighted by Crippen LogP contribution is 2.38. The molecule has 1 aliphatic carbocycles. The van der Waals surface area contributed by atoms with Gasteiger partial charge < -0.3 is 11.1 Å². The SMILES string of the molecule is NC(=O)C1(CNc2ccnc3c([N+](=O)[O-])cccc23)CCCC1. The van der Waals surface area contributed by atoms with Crippen LogP contribution in [0.3, 0.4) is 0 Å². The highest BCUT2D eigenvalue weighted by atomic mass is 16.6. The second-order valence-corrected chi connectivity index (χ2v) is 5.99. The summed E-state index contributed by atoms with van der Waals surface area (Å²) in [6.45, 7) is 0.435.